The van der Waals surface area contributed by atoms with Gasteiger partial charge in [0.05, 0.1) is 25.4 Å². The van der Waals surface area contributed by atoms with Crippen LogP contribution in [0.15, 0.2) is 34.1 Å². The third-order valence-electron chi connectivity index (χ3n) is 2.98. The van der Waals surface area contributed by atoms with Crippen LogP contribution >= 0.6 is 39.4 Å². The van der Waals surface area contributed by atoms with Gasteiger partial charge < -0.3 is 20.4 Å². The number of rotatable bonds is 12. The molecule has 0 heterocycles. The first-order valence-electron chi connectivity index (χ1n) is 6.98. The minimum Gasteiger partial charge on any atom is -0.392 e. The molecule has 0 saturated heterocycles. The Bertz CT molecular complexity index is 367. The molecule has 0 aromatic heterocycles. The van der Waals surface area contributed by atoms with Gasteiger partial charge in [-0.2, -0.15) is 0 Å². The summed E-state index contributed by atoms with van der Waals surface area (Å²) in [5, 5.41) is 36.4. The van der Waals surface area contributed by atoms with Gasteiger partial charge in [-0.3, -0.25) is 0 Å². The highest BCUT2D eigenvalue weighted by atomic mass is 32.2. The molecule has 0 aliphatic carbocycles. The highest BCUT2D eigenvalue weighted by molar-refractivity contribution is 8.02. The van der Waals surface area contributed by atoms with Crippen molar-refractivity contribution in [2.24, 2.45) is 0 Å². The summed E-state index contributed by atoms with van der Waals surface area (Å²) in [6.45, 7) is 0. The molecule has 0 spiro atoms. The smallest absolute Gasteiger partial charge is 0.0646 e. The summed E-state index contributed by atoms with van der Waals surface area (Å²) in [5.41, 5.74) is 0. The minimum atomic E-state index is -0.656. The van der Waals surface area contributed by atoms with Crippen LogP contribution in [-0.4, -0.2) is 69.6 Å². The van der Waals surface area contributed by atoms with Crippen molar-refractivity contribution in [3.8, 4) is 0 Å². The highest BCUT2D eigenvalue weighted by Crippen LogP contribution is 2.38. The molecule has 0 atom stereocenters. The van der Waals surface area contributed by atoms with Gasteiger partial charge in [0.15, 0.2) is 0 Å². The van der Waals surface area contributed by atoms with E-state index >= 15 is 0 Å². The maximum Gasteiger partial charge on any atom is 0.0646 e. The fraction of sp³-hybridized carbons (Fsp3) is 0.571. The van der Waals surface area contributed by atoms with Gasteiger partial charge in [-0.15, -0.1) is 23.5 Å². The van der Waals surface area contributed by atoms with Crippen molar-refractivity contribution >= 4 is 39.4 Å². The van der Waals surface area contributed by atoms with E-state index in [0.717, 1.165) is 23.8 Å². The van der Waals surface area contributed by atoms with E-state index in [2.05, 4.69) is 12.1 Å². The predicted octanol–water partition coefficient (Wildman–Crippen LogP) is 2.63. The van der Waals surface area contributed by atoms with E-state index in [0.29, 0.717) is 0 Å². The van der Waals surface area contributed by atoms with E-state index < -0.39 is 15.8 Å². The number of benzene rings is 1. The molecule has 0 bridgehead atoms. The van der Waals surface area contributed by atoms with Gasteiger partial charge in [0.1, 0.15) is 0 Å². The van der Waals surface area contributed by atoms with E-state index in [4.69, 9.17) is 20.4 Å². The lowest BCUT2D eigenvalue weighted by molar-refractivity contribution is 0.343. The molecule has 1 aromatic carbocycles. The van der Waals surface area contributed by atoms with E-state index in [1.165, 1.54) is 9.79 Å². The Hall–Kier alpha value is 0.620. The second kappa shape index (κ2) is 13.0. The Kier molecular flexibility index (Phi) is 12.2. The zero-order chi connectivity index (χ0) is 16.2. The van der Waals surface area contributed by atoms with Crippen LogP contribution in [0.4, 0.5) is 0 Å². The normalized spacial score (nSPS) is 11.5. The lowest BCUT2D eigenvalue weighted by atomic mass is 10.4. The summed E-state index contributed by atoms with van der Waals surface area (Å²) in [5.74, 6) is 1.79. The SMILES string of the molecule is OCP(CO)CCSc1ccccc1SCCP(CO)CO. The molecular weight excluding hydrogens is 358 g/mol. The first-order chi connectivity index (χ1) is 10.7. The van der Waals surface area contributed by atoms with Crippen molar-refractivity contribution in [2.75, 3.05) is 49.2 Å². The summed E-state index contributed by atoms with van der Waals surface area (Å²) < 4.78 is 0. The maximum absolute atomic E-state index is 9.11. The average Bonchev–Trinajstić information content (AvgIpc) is 2.57. The Balaban J connectivity index is 2.44. The second-order valence-corrected chi connectivity index (χ2v) is 11.5. The molecule has 8 heteroatoms. The van der Waals surface area contributed by atoms with E-state index in [9.17, 15) is 0 Å². The summed E-state index contributed by atoms with van der Waals surface area (Å²) in [4.78, 5) is 2.44. The quantitative estimate of drug-likeness (QED) is 0.329. The van der Waals surface area contributed by atoms with Crippen LogP contribution in [0, 0.1) is 0 Å². The molecule has 0 saturated carbocycles. The topological polar surface area (TPSA) is 80.9 Å². The summed E-state index contributed by atoms with van der Waals surface area (Å²) >= 11 is 3.51. The first-order valence-corrected chi connectivity index (χ1v) is 12.7. The van der Waals surface area contributed by atoms with E-state index in [-0.39, 0.29) is 25.4 Å². The van der Waals surface area contributed by atoms with E-state index in [1.807, 2.05) is 12.1 Å². The minimum absolute atomic E-state index is 0.0919. The zero-order valence-corrected chi connectivity index (χ0v) is 15.9. The van der Waals surface area contributed by atoms with Crippen molar-refractivity contribution in [2.45, 2.75) is 9.79 Å². The van der Waals surface area contributed by atoms with Crippen molar-refractivity contribution in [1.82, 2.24) is 0 Å². The zero-order valence-electron chi connectivity index (χ0n) is 12.5. The number of aliphatic hydroxyl groups is 4. The van der Waals surface area contributed by atoms with Crippen molar-refractivity contribution in [3.63, 3.8) is 0 Å². The Morgan fingerprint density at radius 1 is 0.682 bits per heavy atom. The number of hydrogen-bond acceptors (Lipinski definition) is 6. The fourth-order valence-corrected chi connectivity index (χ4v) is 6.73. The van der Waals surface area contributed by atoms with Crippen molar-refractivity contribution < 1.29 is 20.4 Å². The first kappa shape index (κ1) is 20.7. The molecule has 0 radical (unpaired) electrons. The molecule has 22 heavy (non-hydrogen) atoms. The summed E-state index contributed by atoms with van der Waals surface area (Å²) in [7, 11) is -1.31. The van der Waals surface area contributed by atoms with Crippen LogP contribution in [0.2, 0.25) is 0 Å². The average molecular weight is 382 g/mol. The van der Waals surface area contributed by atoms with Gasteiger partial charge in [-0.1, -0.05) is 28.0 Å². The van der Waals surface area contributed by atoms with Gasteiger partial charge in [0, 0.05) is 21.3 Å². The number of aliphatic hydroxyl groups excluding tert-OH is 4. The molecule has 0 unspecified atom stereocenters. The molecule has 0 fully saturated rings. The largest absolute Gasteiger partial charge is 0.392 e. The standard InChI is InChI=1S/C14H24O4P2S2/c15-9-19(10-16)5-7-21-13-3-1-2-4-14(13)22-8-6-20(11-17)12-18/h1-4,15-18H,5-12H2. The van der Waals surface area contributed by atoms with Crippen LogP contribution in [0.5, 0.6) is 0 Å². The number of hydrogen-bond donors (Lipinski definition) is 4. The molecule has 4 nitrogen and oxygen atoms in total. The molecule has 4 N–H and O–H groups in total. The van der Waals surface area contributed by atoms with Crippen molar-refractivity contribution in [1.29, 1.82) is 0 Å². The predicted molar refractivity (Wildman–Crippen MR) is 99.8 cm³/mol. The van der Waals surface area contributed by atoms with Gasteiger partial charge in [-0.05, 0) is 24.5 Å². The Labute approximate surface area is 143 Å². The van der Waals surface area contributed by atoms with Gasteiger partial charge >= 0.3 is 0 Å². The maximum atomic E-state index is 9.11. The van der Waals surface area contributed by atoms with Crippen LogP contribution in [0.1, 0.15) is 0 Å². The van der Waals surface area contributed by atoms with Crippen LogP contribution in [0.25, 0.3) is 0 Å². The van der Waals surface area contributed by atoms with Crippen LogP contribution in [0.3, 0.4) is 0 Å². The highest BCUT2D eigenvalue weighted by Gasteiger charge is 2.09. The van der Waals surface area contributed by atoms with Crippen LogP contribution < -0.4 is 0 Å². The Morgan fingerprint density at radius 3 is 1.36 bits per heavy atom. The monoisotopic (exact) mass is 382 g/mol. The van der Waals surface area contributed by atoms with Gasteiger partial charge in [0.2, 0.25) is 0 Å². The third kappa shape index (κ3) is 7.94. The lowest BCUT2D eigenvalue weighted by Gasteiger charge is -2.14. The second-order valence-electron chi connectivity index (χ2n) is 4.50. The summed E-state index contributed by atoms with van der Waals surface area (Å²) in [6, 6.07) is 8.21. The molecule has 1 rings (SSSR count). The lowest BCUT2D eigenvalue weighted by Crippen LogP contribution is -1.97. The summed E-state index contributed by atoms with van der Waals surface area (Å²) in [6.07, 6.45) is 2.07. The van der Waals surface area contributed by atoms with Crippen LogP contribution in [-0.2, 0) is 0 Å². The molecule has 0 amide bonds. The van der Waals surface area contributed by atoms with Crippen molar-refractivity contribution in [3.05, 3.63) is 24.3 Å². The van der Waals surface area contributed by atoms with E-state index in [1.54, 1.807) is 23.5 Å². The molecule has 1 aromatic rings. The Morgan fingerprint density at radius 2 is 1.05 bits per heavy atom. The molecule has 126 valence electrons. The van der Waals surface area contributed by atoms with Gasteiger partial charge in [0.25, 0.3) is 0 Å². The van der Waals surface area contributed by atoms with Gasteiger partial charge in [-0.25, -0.2) is 0 Å². The molecular formula is C14H24O4P2S2. The molecule has 0 aliphatic heterocycles. The third-order valence-corrected chi connectivity index (χ3v) is 9.18. The number of thioether (sulfide) groups is 2. The fourth-order valence-electron chi connectivity index (χ4n) is 1.63. The molecule has 0 aliphatic rings.